The fourth-order valence-electron chi connectivity index (χ4n) is 3.46. The molecule has 0 bridgehead atoms. The molecule has 0 unspecified atom stereocenters. The van der Waals surface area contributed by atoms with E-state index >= 15 is 0 Å². The fourth-order valence-corrected chi connectivity index (χ4v) is 4.89. The van der Waals surface area contributed by atoms with E-state index in [0.717, 1.165) is 18.7 Å². The molecule has 0 aliphatic rings. The molecule has 0 heterocycles. The highest BCUT2D eigenvalue weighted by Gasteiger charge is 2.39. The van der Waals surface area contributed by atoms with Gasteiger partial charge in [0.2, 0.25) is 0 Å². The number of nitrogens with zero attached hydrogens (tertiary/aromatic N) is 1. The Hall–Kier alpha value is -2.45. The van der Waals surface area contributed by atoms with Crippen LogP contribution in [0.4, 0.5) is 0 Å². The predicted molar refractivity (Wildman–Crippen MR) is 123 cm³/mol. The molecule has 0 aliphatic heterocycles. The smallest absolute Gasteiger partial charge is 0.111 e. The fraction of sp³-hybridized carbons (Fsp3) is 0.231. The Labute approximate surface area is 174 Å². The molecule has 1 nitrogen and oxygen atoms in total. The van der Waals surface area contributed by atoms with Gasteiger partial charge in [-0.05, 0) is 42.0 Å². The summed E-state index contributed by atoms with van der Waals surface area (Å²) in [5, 5.41) is 0. The van der Waals surface area contributed by atoms with Crippen LogP contribution >= 0.6 is 11.9 Å². The van der Waals surface area contributed by atoms with Gasteiger partial charge in [0.25, 0.3) is 0 Å². The second-order valence-electron chi connectivity index (χ2n) is 7.06. The number of hydrogen-bond acceptors (Lipinski definition) is 2. The van der Waals surface area contributed by atoms with Gasteiger partial charge in [-0.15, -0.1) is 0 Å². The molecule has 3 rings (SSSR count). The molecule has 0 amide bonds. The second-order valence-corrected chi connectivity index (χ2v) is 8.30. The van der Waals surface area contributed by atoms with Crippen molar-refractivity contribution in [1.82, 2.24) is 4.31 Å². The lowest BCUT2D eigenvalue weighted by Crippen LogP contribution is -2.31. The summed E-state index contributed by atoms with van der Waals surface area (Å²) in [5.74, 6) is 0. The largest absolute Gasteiger partial charge is 0.320 e. The average molecular weight is 388 g/mol. The molecule has 0 N–H and O–H groups in total. The third kappa shape index (κ3) is 4.34. The molecule has 3 aromatic rings. The Balaban J connectivity index is 2.23. The highest BCUT2D eigenvalue weighted by atomic mass is 32.2. The molecule has 0 fully saturated rings. The maximum atomic E-state index is 4.28. The van der Waals surface area contributed by atoms with Crippen LogP contribution < -0.4 is 0 Å². The highest BCUT2D eigenvalue weighted by molar-refractivity contribution is 7.98. The summed E-state index contributed by atoms with van der Waals surface area (Å²) in [4.78, 5) is 0. The Morgan fingerprint density at radius 3 is 1.50 bits per heavy atom. The van der Waals surface area contributed by atoms with E-state index in [4.69, 9.17) is 0 Å². The van der Waals surface area contributed by atoms with Crippen LogP contribution in [0.3, 0.4) is 0 Å². The van der Waals surface area contributed by atoms with Gasteiger partial charge in [0.1, 0.15) is 4.75 Å². The van der Waals surface area contributed by atoms with Gasteiger partial charge in [0, 0.05) is 12.2 Å². The number of unbranched alkanes of at least 4 members (excludes halogenated alkanes) is 1. The van der Waals surface area contributed by atoms with Crippen LogP contribution in [-0.4, -0.2) is 10.8 Å². The van der Waals surface area contributed by atoms with Crippen molar-refractivity contribution in [2.24, 2.45) is 0 Å². The molecule has 0 aromatic heterocycles. The minimum Gasteiger partial charge on any atom is -0.320 e. The van der Waals surface area contributed by atoms with Gasteiger partial charge >= 0.3 is 0 Å². The van der Waals surface area contributed by atoms with Crippen molar-refractivity contribution in [3.63, 3.8) is 0 Å². The van der Waals surface area contributed by atoms with Crippen LogP contribution in [0.25, 0.3) is 0 Å². The SMILES string of the molecule is C=C(C)N(CCCC)SC(c1ccccc1)(c1ccccc1)c1ccccc1. The summed E-state index contributed by atoms with van der Waals surface area (Å²) in [7, 11) is 0. The molecule has 0 radical (unpaired) electrons. The van der Waals surface area contributed by atoms with E-state index in [-0.39, 0.29) is 4.75 Å². The minimum absolute atomic E-state index is 0.337. The van der Waals surface area contributed by atoms with Crippen molar-refractivity contribution in [3.05, 3.63) is 120 Å². The van der Waals surface area contributed by atoms with Crippen molar-refractivity contribution < 1.29 is 0 Å². The molecule has 0 spiro atoms. The second kappa shape index (κ2) is 9.66. The van der Waals surface area contributed by atoms with Crippen LogP contribution in [-0.2, 0) is 4.75 Å². The first-order chi connectivity index (χ1) is 13.7. The highest BCUT2D eigenvalue weighted by Crippen LogP contribution is 2.50. The summed E-state index contributed by atoms with van der Waals surface area (Å²) in [6, 6.07) is 32.5. The Kier molecular flexibility index (Phi) is 7.00. The molecule has 28 heavy (non-hydrogen) atoms. The third-order valence-corrected chi connectivity index (χ3v) is 6.62. The lowest BCUT2D eigenvalue weighted by atomic mass is 9.84. The molecular weight excluding hydrogens is 358 g/mol. The maximum Gasteiger partial charge on any atom is 0.111 e. The lowest BCUT2D eigenvalue weighted by Gasteiger charge is -2.40. The van der Waals surface area contributed by atoms with Crippen molar-refractivity contribution >= 4 is 11.9 Å². The van der Waals surface area contributed by atoms with Crippen molar-refractivity contribution in [2.75, 3.05) is 6.54 Å². The van der Waals surface area contributed by atoms with Gasteiger partial charge in [-0.2, -0.15) is 0 Å². The maximum absolute atomic E-state index is 4.28. The van der Waals surface area contributed by atoms with E-state index in [9.17, 15) is 0 Å². The number of benzene rings is 3. The summed E-state index contributed by atoms with van der Waals surface area (Å²) in [6.07, 6.45) is 2.31. The number of rotatable bonds is 9. The topological polar surface area (TPSA) is 3.24 Å². The molecule has 0 atom stereocenters. The monoisotopic (exact) mass is 387 g/mol. The first-order valence-corrected chi connectivity index (χ1v) is 10.7. The van der Waals surface area contributed by atoms with Crippen molar-refractivity contribution in [3.8, 4) is 0 Å². The van der Waals surface area contributed by atoms with Crippen LogP contribution in [0.1, 0.15) is 43.4 Å². The van der Waals surface area contributed by atoms with Gasteiger partial charge < -0.3 is 4.31 Å². The predicted octanol–water partition coefficient (Wildman–Crippen LogP) is 7.26. The van der Waals surface area contributed by atoms with Gasteiger partial charge in [0.15, 0.2) is 0 Å². The number of allylic oxidation sites excluding steroid dienone is 1. The molecule has 2 heteroatoms. The Morgan fingerprint density at radius 1 is 0.786 bits per heavy atom. The minimum atomic E-state index is -0.337. The van der Waals surface area contributed by atoms with Crippen LogP contribution in [0.2, 0.25) is 0 Å². The first kappa shape index (κ1) is 20.3. The lowest BCUT2D eigenvalue weighted by molar-refractivity contribution is 0.537. The van der Waals surface area contributed by atoms with Crippen molar-refractivity contribution in [2.45, 2.75) is 31.4 Å². The van der Waals surface area contributed by atoms with Crippen LogP contribution in [0.5, 0.6) is 0 Å². The Bertz CT molecular complexity index is 762. The summed E-state index contributed by atoms with van der Waals surface area (Å²) in [6.45, 7) is 9.61. The van der Waals surface area contributed by atoms with Crippen LogP contribution in [0, 0.1) is 0 Å². The zero-order valence-corrected chi connectivity index (χ0v) is 17.7. The Morgan fingerprint density at radius 2 is 1.18 bits per heavy atom. The van der Waals surface area contributed by atoms with E-state index in [2.05, 4.69) is 116 Å². The van der Waals surface area contributed by atoms with E-state index in [1.165, 1.54) is 23.1 Å². The van der Waals surface area contributed by atoms with Crippen molar-refractivity contribution in [1.29, 1.82) is 0 Å². The van der Waals surface area contributed by atoms with Crippen LogP contribution in [0.15, 0.2) is 103 Å². The molecular formula is C26H29NS. The van der Waals surface area contributed by atoms with E-state index in [1.807, 2.05) is 11.9 Å². The molecule has 0 saturated heterocycles. The van der Waals surface area contributed by atoms with E-state index in [0.29, 0.717) is 0 Å². The molecule has 144 valence electrons. The zero-order chi connectivity index (χ0) is 19.8. The molecule has 3 aromatic carbocycles. The van der Waals surface area contributed by atoms with Gasteiger partial charge in [0.05, 0.1) is 0 Å². The molecule has 0 aliphatic carbocycles. The third-order valence-electron chi connectivity index (χ3n) is 4.93. The van der Waals surface area contributed by atoms with Gasteiger partial charge in [-0.3, -0.25) is 0 Å². The summed E-state index contributed by atoms with van der Waals surface area (Å²) < 4.78 is 2.03. The summed E-state index contributed by atoms with van der Waals surface area (Å²) in [5.41, 5.74) is 4.92. The quantitative estimate of drug-likeness (QED) is 0.281. The van der Waals surface area contributed by atoms with E-state index in [1.54, 1.807) is 0 Å². The standard InChI is InChI=1S/C26H29NS/c1-4-5-21-27(22(2)3)28-26(23-15-9-6-10-16-23,24-17-11-7-12-18-24)25-19-13-8-14-20-25/h6-20H,2,4-5,21H2,1,3H3. The van der Waals surface area contributed by atoms with E-state index < -0.39 is 0 Å². The first-order valence-electron chi connectivity index (χ1n) is 9.97. The summed E-state index contributed by atoms with van der Waals surface area (Å²) >= 11 is 1.88. The molecule has 0 saturated carbocycles. The van der Waals surface area contributed by atoms with Gasteiger partial charge in [-0.1, -0.05) is 111 Å². The van der Waals surface area contributed by atoms with Gasteiger partial charge in [-0.25, -0.2) is 0 Å². The normalized spacial score (nSPS) is 11.2. The number of hydrogen-bond donors (Lipinski definition) is 0. The average Bonchev–Trinajstić information content (AvgIpc) is 2.76. The zero-order valence-electron chi connectivity index (χ0n) is 16.8.